The van der Waals surface area contributed by atoms with Crippen molar-refractivity contribution < 1.29 is 0 Å². The highest BCUT2D eigenvalue weighted by molar-refractivity contribution is 6.21. The Morgan fingerprint density at radius 2 is 2.24 bits per heavy atom. The summed E-state index contributed by atoms with van der Waals surface area (Å²) < 4.78 is 0. The maximum Gasteiger partial charge on any atom is 0.0692 e. The molecule has 0 amide bonds. The molecule has 88 valence electrons. The molecule has 0 saturated carbocycles. The first-order chi connectivity index (χ1) is 8.13. The molecule has 17 heavy (non-hydrogen) atoms. The van der Waals surface area contributed by atoms with E-state index in [1.807, 2.05) is 12.1 Å². The normalized spacial score (nSPS) is 12.9. The van der Waals surface area contributed by atoms with Gasteiger partial charge in [0.15, 0.2) is 0 Å². The quantitative estimate of drug-likeness (QED) is 0.843. The highest BCUT2D eigenvalue weighted by Crippen LogP contribution is 2.32. The first-order valence-electron chi connectivity index (χ1n) is 5.60. The Hall–Kier alpha value is -1.53. The Morgan fingerprint density at radius 3 is 2.88 bits per heavy atom. The summed E-state index contributed by atoms with van der Waals surface area (Å²) in [6, 6.07) is 6.21. The zero-order valence-electron chi connectivity index (χ0n) is 9.87. The number of aromatic nitrogens is 2. The van der Waals surface area contributed by atoms with Crippen LogP contribution in [-0.2, 0) is 6.42 Å². The average molecular weight is 248 g/mol. The van der Waals surface area contributed by atoms with Crippen molar-refractivity contribution in [2.45, 2.75) is 25.6 Å². The van der Waals surface area contributed by atoms with Crippen LogP contribution in [-0.4, -0.2) is 10.2 Å². The molecule has 0 spiro atoms. The van der Waals surface area contributed by atoms with Crippen LogP contribution < -0.4 is 0 Å². The van der Waals surface area contributed by atoms with Gasteiger partial charge in [-0.15, -0.1) is 11.6 Å². The third kappa shape index (κ3) is 2.27. The molecule has 1 atom stereocenters. The van der Waals surface area contributed by atoms with Gasteiger partial charge in [-0.1, -0.05) is 19.9 Å². The maximum atomic E-state index is 8.84. The van der Waals surface area contributed by atoms with Crippen LogP contribution in [0, 0.1) is 17.2 Å². The van der Waals surface area contributed by atoms with Gasteiger partial charge in [-0.25, -0.2) is 0 Å². The molecule has 1 heterocycles. The second kappa shape index (κ2) is 4.77. The van der Waals surface area contributed by atoms with Crippen LogP contribution in [0.15, 0.2) is 18.3 Å². The van der Waals surface area contributed by atoms with Gasteiger partial charge in [0, 0.05) is 5.39 Å². The van der Waals surface area contributed by atoms with Gasteiger partial charge >= 0.3 is 0 Å². The monoisotopic (exact) mass is 247 g/mol. The van der Waals surface area contributed by atoms with Crippen LogP contribution in [0.4, 0.5) is 0 Å². The van der Waals surface area contributed by atoms with E-state index in [0.29, 0.717) is 12.3 Å². The predicted molar refractivity (Wildman–Crippen MR) is 68.8 cm³/mol. The van der Waals surface area contributed by atoms with Crippen molar-refractivity contribution >= 4 is 22.5 Å². The zero-order chi connectivity index (χ0) is 12.4. The molecule has 0 fully saturated rings. The first-order valence-corrected chi connectivity index (χ1v) is 6.04. The van der Waals surface area contributed by atoms with Crippen LogP contribution in [0.1, 0.15) is 30.4 Å². The van der Waals surface area contributed by atoms with Gasteiger partial charge in [0.05, 0.1) is 29.6 Å². The lowest BCUT2D eigenvalue weighted by Gasteiger charge is -2.14. The van der Waals surface area contributed by atoms with Crippen molar-refractivity contribution in [3.63, 3.8) is 0 Å². The Labute approximate surface area is 105 Å². The second-order valence-electron chi connectivity index (χ2n) is 4.49. The van der Waals surface area contributed by atoms with Gasteiger partial charge in [0.1, 0.15) is 0 Å². The van der Waals surface area contributed by atoms with E-state index in [0.717, 1.165) is 22.0 Å². The fourth-order valence-corrected chi connectivity index (χ4v) is 2.05. The fourth-order valence-electron chi connectivity index (χ4n) is 1.93. The van der Waals surface area contributed by atoms with Crippen molar-refractivity contribution in [1.29, 1.82) is 5.26 Å². The molecule has 2 rings (SSSR count). The summed E-state index contributed by atoms with van der Waals surface area (Å²) in [5, 5.41) is 16.8. The molecule has 0 bridgehead atoms. The molecule has 4 heteroatoms. The number of halogens is 1. The molecule has 2 aromatic rings. The van der Waals surface area contributed by atoms with E-state index in [4.69, 9.17) is 16.9 Å². The summed E-state index contributed by atoms with van der Waals surface area (Å²) in [6.07, 6.45) is 2.14. The number of aromatic amines is 1. The van der Waals surface area contributed by atoms with Gasteiger partial charge in [-0.2, -0.15) is 10.4 Å². The van der Waals surface area contributed by atoms with E-state index in [2.05, 4.69) is 30.1 Å². The van der Waals surface area contributed by atoms with E-state index in [1.165, 1.54) is 0 Å². The Balaban J connectivity index is 2.55. The van der Waals surface area contributed by atoms with Crippen LogP contribution in [0.5, 0.6) is 0 Å². The smallest absolute Gasteiger partial charge is 0.0692 e. The number of fused-ring (bicyclic) bond motifs is 1. The van der Waals surface area contributed by atoms with E-state index < -0.39 is 0 Å². The summed E-state index contributed by atoms with van der Waals surface area (Å²) >= 11 is 6.37. The number of hydrogen-bond donors (Lipinski definition) is 1. The summed E-state index contributed by atoms with van der Waals surface area (Å²) in [6.45, 7) is 4.17. The van der Waals surface area contributed by atoms with Gasteiger partial charge in [-0.3, -0.25) is 5.10 Å². The number of H-pyrrole nitrogens is 1. The SMILES string of the molecule is CC(C)C(Cl)c1cc(CC#N)c2[nH]ncc2c1. The molecule has 0 aliphatic rings. The highest BCUT2D eigenvalue weighted by Gasteiger charge is 2.15. The van der Waals surface area contributed by atoms with Crippen molar-refractivity contribution in [2.75, 3.05) is 0 Å². The highest BCUT2D eigenvalue weighted by atomic mass is 35.5. The summed E-state index contributed by atoms with van der Waals surface area (Å²) in [5.41, 5.74) is 2.95. The molecular weight excluding hydrogens is 234 g/mol. The number of hydrogen-bond acceptors (Lipinski definition) is 2. The standard InChI is InChI=1S/C13H14ClN3/c1-8(2)12(14)10-5-9(3-4-15)13-11(6-10)7-16-17-13/h5-8,12H,3H2,1-2H3,(H,16,17). The van der Waals surface area contributed by atoms with Crippen molar-refractivity contribution in [1.82, 2.24) is 10.2 Å². The molecule has 3 nitrogen and oxygen atoms in total. The summed E-state index contributed by atoms with van der Waals surface area (Å²) in [5.74, 6) is 0.357. The Morgan fingerprint density at radius 1 is 1.47 bits per heavy atom. The first kappa shape index (κ1) is 11.9. The molecule has 0 saturated heterocycles. The topological polar surface area (TPSA) is 52.5 Å². The van der Waals surface area contributed by atoms with Crippen LogP contribution >= 0.6 is 11.6 Å². The van der Waals surface area contributed by atoms with Crippen LogP contribution in [0.3, 0.4) is 0 Å². The van der Waals surface area contributed by atoms with Gasteiger partial charge < -0.3 is 0 Å². The van der Waals surface area contributed by atoms with Crippen molar-refractivity contribution in [3.8, 4) is 6.07 Å². The number of rotatable bonds is 3. The molecule has 0 aliphatic carbocycles. The lowest BCUT2D eigenvalue weighted by atomic mass is 9.97. The molecule has 1 N–H and O–H groups in total. The number of alkyl halides is 1. The Kier molecular flexibility index (Phi) is 3.35. The van der Waals surface area contributed by atoms with Gasteiger partial charge in [0.2, 0.25) is 0 Å². The largest absolute Gasteiger partial charge is 0.278 e. The lowest BCUT2D eigenvalue weighted by Crippen LogP contribution is -2.00. The van der Waals surface area contributed by atoms with E-state index in [1.54, 1.807) is 6.20 Å². The molecule has 1 unspecified atom stereocenters. The number of nitrogens with zero attached hydrogens (tertiary/aromatic N) is 2. The minimum Gasteiger partial charge on any atom is -0.278 e. The Bertz CT molecular complexity index is 566. The van der Waals surface area contributed by atoms with Crippen molar-refractivity contribution in [3.05, 3.63) is 29.5 Å². The van der Waals surface area contributed by atoms with E-state index in [9.17, 15) is 0 Å². The average Bonchev–Trinajstić information content (AvgIpc) is 2.76. The second-order valence-corrected chi connectivity index (χ2v) is 4.97. The molecule has 0 radical (unpaired) electrons. The van der Waals surface area contributed by atoms with Gasteiger partial charge in [-0.05, 0) is 23.1 Å². The lowest BCUT2D eigenvalue weighted by molar-refractivity contribution is 0.624. The molecular formula is C13H14ClN3. The van der Waals surface area contributed by atoms with Crippen LogP contribution in [0.2, 0.25) is 0 Å². The molecule has 1 aromatic heterocycles. The predicted octanol–water partition coefficient (Wildman–Crippen LogP) is 3.56. The van der Waals surface area contributed by atoms with Gasteiger partial charge in [0.25, 0.3) is 0 Å². The number of nitriles is 1. The summed E-state index contributed by atoms with van der Waals surface area (Å²) in [4.78, 5) is 0. The van der Waals surface area contributed by atoms with Crippen molar-refractivity contribution in [2.24, 2.45) is 5.92 Å². The van der Waals surface area contributed by atoms with Crippen LogP contribution in [0.25, 0.3) is 10.9 Å². The molecule has 1 aromatic carbocycles. The van der Waals surface area contributed by atoms with E-state index >= 15 is 0 Å². The number of nitrogens with one attached hydrogen (secondary N) is 1. The zero-order valence-corrected chi connectivity index (χ0v) is 10.6. The fraction of sp³-hybridized carbons (Fsp3) is 0.385. The molecule has 0 aliphatic heterocycles. The minimum absolute atomic E-state index is 0.0354. The third-order valence-corrected chi connectivity index (χ3v) is 3.58. The minimum atomic E-state index is -0.0354. The maximum absolute atomic E-state index is 8.84. The van der Waals surface area contributed by atoms with E-state index in [-0.39, 0.29) is 5.38 Å². The number of benzene rings is 1. The third-order valence-electron chi connectivity index (χ3n) is 2.83. The summed E-state index contributed by atoms with van der Waals surface area (Å²) in [7, 11) is 0.